The summed E-state index contributed by atoms with van der Waals surface area (Å²) in [6.07, 6.45) is 1.07. The number of halogens is 1. The fraction of sp³-hybridized carbons (Fsp3) is 0.269. The molecule has 2 aliphatic rings. The Morgan fingerprint density at radius 3 is 2.47 bits per heavy atom. The molecule has 0 bridgehead atoms. The number of fused-ring (bicyclic) bond motifs is 1. The van der Waals surface area contributed by atoms with Crippen LogP contribution in [0.3, 0.4) is 0 Å². The summed E-state index contributed by atoms with van der Waals surface area (Å²) in [5.74, 6) is 0.395. The molecule has 1 unspecified atom stereocenters. The quantitative estimate of drug-likeness (QED) is 0.187. The van der Waals surface area contributed by atoms with E-state index in [1.54, 1.807) is 24.3 Å². The third-order valence-corrected chi connectivity index (χ3v) is 7.62. The van der Waals surface area contributed by atoms with E-state index in [1.807, 2.05) is 12.1 Å². The molecule has 0 amide bonds. The lowest BCUT2D eigenvalue weighted by molar-refractivity contribution is -0.384. The number of rotatable bonds is 5. The van der Waals surface area contributed by atoms with Crippen molar-refractivity contribution < 1.29 is 9.72 Å². The second kappa shape index (κ2) is 9.22. The van der Waals surface area contributed by atoms with Crippen molar-refractivity contribution in [3.8, 4) is 0 Å². The number of anilines is 1. The number of allylic oxidation sites excluding steroid dienone is 2. The van der Waals surface area contributed by atoms with Gasteiger partial charge in [0.2, 0.25) is 0 Å². The van der Waals surface area contributed by atoms with Gasteiger partial charge in [0.25, 0.3) is 11.2 Å². The fourth-order valence-corrected chi connectivity index (χ4v) is 5.76. The summed E-state index contributed by atoms with van der Waals surface area (Å²) in [5.41, 5.74) is 2.99. The molecule has 0 saturated heterocycles. The highest BCUT2D eigenvalue weighted by atomic mass is 35.5. The van der Waals surface area contributed by atoms with Gasteiger partial charge in [0.1, 0.15) is 5.82 Å². The van der Waals surface area contributed by atoms with E-state index < -0.39 is 10.8 Å². The third kappa shape index (κ3) is 4.68. The second-order valence-corrected chi connectivity index (χ2v) is 11.2. The molecule has 184 valence electrons. The molecule has 5 rings (SSSR count). The fourth-order valence-electron chi connectivity index (χ4n) is 4.82. The molecule has 36 heavy (non-hydrogen) atoms. The van der Waals surface area contributed by atoms with Crippen molar-refractivity contribution in [2.75, 3.05) is 5.32 Å². The molecule has 1 aliphatic heterocycles. The van der Waals surface area contributed by atoms with E-state index in [0.29, 0.717) is 45.7 Å². The van der Waals surface area contributed by atoms with Crippen molar-refractivity contribution in [3.05, 3.63) is 102 Å². The van der Waals surface area contributed by atoms with Gasteiger partial charge in [0, 0.05) is 46.5 Å². The van der Waals surface area contributed by atoms with Gasteiger partial charge < -0.3 is 10.3 Å². The van der Waals surface area contributed by atoms with Gasteiger partial charge in [-0.2, -0.15) is 0 Å². The molecule has 10 heteroatoms. The Kier molecular flexibility index (Phi) is 6.22. The number of Topliss-reactive ketones (excluding diaryl/α,β-unsaturated/α-hetero) is 1. The van der Waals surface area contributed by atoms with Crippen molar-refractivity contribution in [2.45, 2.75) is 43.5 Å². The minimum absolute atomic E-state index is 0.0235. The topological polar surface area (TPSA) is 118 Å². The van der Waals surface area contributed by atoms with Crippen LogP contribution in [-0.4, -0.2) is 20.7 Å². The lowest BCUT2D eigenvalue weighted by Gasteiger charge is -2.38. The van der Waals surface area contributed by atoms with Crippen molar-refractivity contribution in [2.24, 2.45) is 5.41 Å². The summed E-state index contributed by atoms with van der Waals surface area (Å²) in [4.78, 5) is 44.7. The normalized spacial score (nSPS) is 18.3. The largest absolute Gasteiger partial charge is 0.343 e. The molecule has 0 spiro atoms. The van der Waals surface area contributed by atoms with Gasteiger partial charge in [-0.25, -0.2) is 4.98 Å². The van der Waals surface area contributed by atoms with Gasteiger partial charge in [-0.15, -0.1) is 0 Å². The number of nitro groups is 1. The van der Waals surface area contributed by atoms with E-state index in [0.717, 1.165) is 16.8 Å². The summed E-state index contributed by atoms with van der Waals surface area (Å²) in [7, 11) is 0. The van der Waals surface area contributed by atoms with Crippen LogP contribution in [0.4, 0.5) is 11.5 Å². The number of hydrogen-bond acceptors (Lipinski definition) is 7. The number of nitro benzene ring substituents is 1. The summed E-state index contributed by atoms with van der Waals surface area (Å²) in [5, 5.41) is 15.2. The van der Waals surface area contributed by atoms with E-state index in [9.17, 15) is 19.7 Å². The molecule has 8 nitrogen and oxygen atoms in total. The van der Waals surface area contributed by atoms with Gasteiger partial charge in [-0.3, -0.25) is 19.7 Å². The highest BCUT2D eigenvalue weighted by Crippen LogP contribution is 2.47. The molecule has 1 aromatic heterocycles. The summed E-state index contributed by atoms with van der Waals surface area (Å²) < 4.78 is 0. The van der Waals surface area contributed by atoms with Gasteiger partial charge >= 0.3 is 0 Å². The highest BCUT2D eigenvalue weighted by molar-refractivity contribution is 7.98. The van der Waals surface area contributed by atoms with E-state index in [4.69, 9.17) is 16.6 Å². The molecule has 2 N–H and O–H groups in total. The standard InChI is InChI=1S/C26H23ClN4O4S/c1-26(2)11-18-21(19(32)12-26)20(15-5-7-16(27)8-6-15)22-23(28-18)29-25(30-24(22)33)36-13-14-3-9-17(10-4-14)31(34)35/h3-10,20H,11-13H2,1-2H3,(H2,28,29,30,33). The van der Waals surface area contributed by atoms with Crippen LogP contribution in [0, 0.1) is 15.5 Å². The lowest BCUT2D eigenvalue weighted by Crippen LogP contribution is -2.37. The van der Waals surface area contributed by atoms with Crippen molar-refractivity contribution in [1.29, 1.82) is 0 Å². The first-order chi connectivity index (χ1) is 17.1. The number of carbonyl (C=O) groups is 1. The molecule has 3 aromatic rings. The third-order valence-electron chi connectivity index (χ3n) is 6.43. The van der Waals surface area contributed by atoms with Crippen LogP contribution in [-0.2, 0) is 10.5 Å². The van der Waals surface area contributed by atoms with Gasteiger partial charge in [-0.05, 0) is 35.1 Å². The zero-order chi connectivity index (χ0) is 25.6. The number of thioether (sulfide) groups is 1. The number of nitrogens with one attached hydrogen (secondary N) is 2. The molecule has 0 saturated carbocycles. The average Bonchev–Trinajstić information content (AvgIpc) is 2.81. The molecule has 0 radical (unpaired) electrons. The first-order valence-electron chi connectivity index (χ1n) is 11.4. The number of H-pyrrole nitrogens is 1. The second-order valence-electron chi connectivity index (χ2n) is 9.79. The maximum Gasteiger partial charge on any atom is 0.269 e. The smallest absolute Gasteiger partial charge is 0.269 e. The summed E-state index contributed by atoms with van der Waals surface area (Å²) >= 11 is 7.43. The molecule has 2 aromatic carbocycles. The molecule has 2 heterocycles. The molecular weight excluding hydrogens is 500 g/mol. The van der Waals surface area contributed by atoms with Crippen molar-refractivity contribution in [3.63, 3.8) is 0 Å². The lowest BCUT2D eigenvalue weighted by atomic mass is 9.69. The number of ketones is 1. The van der Waals surface area contributed by atoms with Crippen LogP contribution in [0.15, 0.2) is 69.8 Å². The Bertz CT molecular complexity index is 1460. The summed E-state index contributed by atoms with van der Waals surface area (Å²) in [6.45, 7) is 4.11. The SMILES string of the molecule is CC1(C)CC(=O)C2=C(C1)Nc1nc(SCc3ccc([N+](=O)[O-])cc3)[nH]c(=O)c1C2c1ccc(Cl)cc1. The van der Waals surface area contributed by atoms with Crippen molar-refractivity contribution in [1.82, 2.24) is 9.97 Å². The Morgan fingerprint density at radius 1 is 1.11 bits per heavy atom. The predicted molar refractivity (Wildman–Crippen MR) is 139 cm³/mol. The van der Waals surface area contributed by atoms with Crippen LogP contribution in [0.5, 0.6) is 0 Å². The maximum atomic E-state index is 13.4. The molecule has 1 aliphatic carbocycles. The predicted octanol–water partition coefficient (Wildman–Crippen LogP) is 5.82. The first kappa shape index (κ1) is 24.3. The number of aromatic amines is 1. The van der Waals surface area contributed by atoms with E-state index in [2.05, 4.69) is 24.1 Å². The number of aromatic nitrogens is 2. The van der Waals surface area contributed by atoms with E-state index >= 15 is 0 Å². The van der Waals surface area contributed by atoms with Crippen LogP contribution < -0.4 is 10.9 Å². The van der Waals surface area contributed by atoms with E-state index in [-0.39, 0.29) is 22.4 Å². The maximum absolute atomic E-state index is 13.4. The molecule has 1 atom stereocenters. The van der Waals surface area contributed by atoms with Crippen LogP contribution in [0.25, 0.3) is 0 Å². The summed E-state index contributed by atoms with van der Waals surface area (Å²) in [6, 6.07) is 13.5. The average molecular weight is 523 g/mol. The number of non-ortho nitro benzene ring substituents is 1. The van der Waals surface area contributed by atoms with Crippen LogP contribution in [0.2, 0.25) is 5.02 Å². The van der Waals surface area contributed by atoms with Crippen molar-refractivity contribution >= 4 is 40.7 Å². The van der Waals surface area contributed by atoms with Gasteiger partial charge in [0.15, 0.2) is 10.9 Å². The van der Waals surface area contributed by atoms with Crippen LogP contribution in [0.1, 0.15) is 49.3 Å². The van der Waals surface area contributed by atoms with E-state index in [1.165, 1.54) is 23.9 Å². The number of benzene rings is 2. The Hall–Kier alpha value is -3.43. The Balaban J connectivity index is 1.52. The zero-order valence-electron chi connectivity index (χ0n) is 19.6. The van der Waals surface area contributed by atoms with Gasteiger partial charge in [-0.1, -0.05) is 61.5 Å². The Morgan fingerprint density at radius 2 is 1.81 bits per heavy atom. The first-order valence-corrected chi connectivity index (χ1v) is 12.8. The molecule has 0 fully saturated rings. The molecular formula is C26H23ClN4O4S. The van der Waals surface area contributed by atoms with Gasteiger partial charge in [0.05, 0.1) is 10.5 Å². The highest BCUT2D eigenvalue weighted by Gasteiger charge is 2.42. The number of carbonyl (C=O) groups excluding carboxylic acids is 1. The Labute approximate surface area is 216 Å². The zero-order valence-corrected chi connectivity index (χ0v) is 21.2. The monoisotopic (exact) mass is 522 g/mol. The number of hydrogen-bond donors (Lipinski definition) is 2. The number of nitrogens with zero attached hydrogens (tertiary/aromatic N) is 2. The minimum atomic E-state index is -0.540. The van der Waals surface area contributed by atoms with Crippen LogP contribution >= 0.6 is 23.4 Å². The minimum Gasteiger partial charge on any atom is -0.343 e.